The Bertz CT molecular complexity index is 1370. The first-order valence-corrected chi connectivity index (χ1v) is 18.4. The SMILES string of the molecule is COc1ccc(/C=C(\C#N)C(=O)O[C@H](c2cccnc2)P(=O)(O[C@@H]2C[C@H](C(C)C)CC[C@@H]2C)O[C@@H]2C[C@H](C(C)C)CC[C@@H]2C)cc1. The Hall–Kier alpha value is -2.98. The average molecular weight is 651 g/mol. The molecule has 4 rings (SSSR count). The number of carbonyl (C=O) groups is 1. The van der Waals surface area contributed by atoms with E-state index in [2.05, 4.69) is 46.5 Å². The molecule has 7 atom stereocenters. The molecule has 9 heteroatoms. The lowest BCUT2D eigenvalue weighted by molar-refractivity contribution is -0.142. The molecule has 250 valence electrons. The Morgan fingerprint density at radius 1 is 0.935 bits per heavy atom. The molecular formula is C37H51N2O6P. The molecule has 0 radical (unpaired) electrons. The van der Waals surface area contributed by atoms with Crippen LogP contribution in [0.3, 0.4) is 0 Å². The fourth-order valence-corrected chi connectivity index (χ4v) is 9.00. The number of aromatic nitrogens is 1. The Kier molecular flexibility index (Phi) is 12.6. The summed E-state index contributed by atoms with van der Waals surface area (Å²) in [5.41, 5.74) is 0.783. The lowest BCUT2D eigenvalue weighted by Crippen LogP contribution is -2.35. The quantitative estimate of drug-likeness (QED) is 0.0968. The third-order valence-electron chi connectivity index (χ3n) is 10.0. The number of pyridine rings is 1. The number of methoxy groups -OCH3 is 1. The fraction of sp³-hybridized carbons (Fsp3) is 0.595. The van der Waals surface area contributed by atoms with Gasteiger partial charge in [-0.15, -0.1) is 0 Å². The molecule has 0 spiro atoms. The van der Waals surface area contributed by atoms with Gasteiger partial charge in [0.25, 0.3) is 0 Å². The highest BCUT2D eigenvalue weighted by Gasteiger charge is 2.48. The fourth-order valence-electron chi connectivity index (χ4n) is 6.65. The van der Waals surface area contributed by atoms with Crippen LogP contribution >= 0.6 is 7.60 Å². The molecule has 1 heterocycles. The Morgan fingerprint density at radius 2 is 1.50 bits per heavy atom. The second kappa shape index (κ2) is 16.2. The van der Waals surface area contributed by atoms with E-state index >= 15 is 4.57 Å². The number of esters is 1. The molecule has 0 aliphatic heterocycles. The maximum absolute atomic E-state index is 15.5. The number of hydrogen-bond donors (Lipinski definition) is 0. The van der Waals surface area contributed by atoms with Crippen molar-refractivity contribution in [1.29, 1.82) is 5.26 Å². The van der Waals surface area contributed by atoms with Gasteiger partial charge in [0.15, 0.2) is 0 Å². The van der Waals surface area contributed by atoms with Crippen molar-refractivity contribution in [2.45, 2.75) is 98.1 Å². The molecule has 46 heavy (non-hydrogen) atoms. The van der Waals surface area contributed by atoms with E-state index in [9.17, 15) is 10.1 Å². The molecule has 0 bridgehead atoms. The Balaban J connectivity index is 1.74. The van der Waals surface area contributed by atoms with E-state index in [1.165, 1.54) is 12.3 Å². The molecule has 2 aliphatic carbocycles. The van der Waals surface area contributed by atoms with Gasteiger partial charge < -0.3 is 18.5 Å². The molecular weight excluding hydrogens is 599 g/mol. The summed E-state index contributed by atoms with van der Waals surface area (Å²) in [7, 11) is -2.64. The van der Waals surface area contributed by atoms with E-state index in [1.807, 2.05) is 6.07 Å². The van der Waals surface area contributed by atoms with Crippen LogP contribution in [0, 0.1) is 46.8 Å². The Morgan fingerprint density at radius 3 is 1.96 bits per heavy atom. The summed E-state index contributed by atoms with van der Waals surface area (Å²) in [6.07, 6.45) is 9.46. The van der Waals surface area contributed by atoms with Crippen LogP contribution in [0.15, 0.2) is 54.4 Å². The van der Waals surface area contributed by atoms with Gasteiger partial charge in [-0.1, -0.05) is 59.7 Å². The summed E-state index contributed by atoms with van der Waals surface area (Å²) in [5, 5.41) is 10.0. The van der Waals surface area contributed by atoms with Crippen molar-refractivity contribution in [3.63, 3.8) is 0 Å². The van der Waals surface area contributed by atoms with Gasteiger partial charge in [0.1, 0.15) is 17.4 Å². The third kappa shape index (κ3) is 9.09. The summed E-state index contributed by atoms with van der Waals surface area (Å²) in [5.74, 6) is 0.389. The van der Waals surface area contributed by atoms with Crippen molar-refractivity contribution < 1.29 is 27.9 Å². The van der Waals surface area contributed by atoms with Crippen LogP contribution in [-0.2, 0) is 23.1 Å². The highest BCUT2D eigenvalue weighted by Crippen LogP contribution is 2.65. The minimum atomic E-state index is -4.21. The van der Waals surface area contributed by atoms with E-state index in [-0.39, 0.29) is 29.6 Å². The van der Waals surface area contributed by atoms with E-state index in [0.29, 0.717) is 40.5 Å². The first-order valence-electron chi connectivity index (χ1n) is 16.8. The molecule has 2 aromatic rings. The standard InChI is InChI=1S/C37H51N2O6P/c1-24(2)29-14-10-26(5)34(20-29)44-46(41,45-35-21-30(25(3)4)15-11-27(35)6)37(31-9-8-18-39-23-31)43-36(40)32(22-38)19-28-12-16-33(42-7)17-13-28/h8-9,12-13,16-19,23-27,29-30,34-35,37H,10-11,14-15,20-21H2,1-7H3/b32-19+/t26-,27-,29+,30+,34+,35+,37-/m0/s1. The minimum absolute atomic E-state index is 0.147. The highest BCUT2D eigenvalue weighted by molar-refractivity contribution is 7.54. The van der Waals surface area contributed by atoms with E-state index in [1.54, 1.807) is 49.7 Å². The maximum Gasteiger partial charge on any atom is 0.376 e. The highest BCUT2D eigenvalue weighted by atomic mass is 31.2. The number of nitrogens with zero attached hydrogens (tertiary/aromatic N) is 2. The zero-order valence-corrected chi connectivity index (χ0v) is 29.3. The molecule has 0 amide bonds. The van der Waals surface area contributed by atoms with E-state index in [0.717, 1.165) is 38.5 Å². The van der Waals surface area contributed by atoms with Crippen molar-refractivity contribution in [2.75, 3.05) is 7.11 Å². The number of rotatable bonds is 12. The lowest BCUT2D eigenvalue weighted by Gasteiger charge is -2.42. The van der Waals surface area contributed by atoms with Crippen LogP contribution in [0.5, 0.6) is 5.75 Å². The van der Waals surface area contributed by atoms with Gasteiger partial charge in [-0.2, -0.15) is 5.26 Å². The second-order valence-corrected chi connectivity index (χ2v) is 15.9. The second-order valence-electron chi connectivity index (χ2n) is 13.9. The molecule has 0 saturated heterocycles. The molecule has 1 aromatic carbocycles. The summed E-state index contributed by atoms with van der Waals surface area (Å²) >= 11 is 0. The van der Waals surface area contributed by atoms with Gasteiger partial charge in [0.05, 0.1) is 19.3 Å². The average Bonchev–Trinajstić information content (AvgIpc) is 3.04. The minimum Gasteiger partial charge on any atom is -0.497 e. The van der Waals surface area contributed by atoms with Gasteiger partial charge in [-0.25, -0.2) is 4.79 Å². The van der Waals surface area contributed by atoms with Crippen LogP contribution in [-0.4, -0.2) is 30.3 Å². The normalized spacial score (nSPS) is 26.4. The van der Waals surface area contributed by atoms with Crippen LogP contribution in [0.2, 0.25) is 0 Å². The Labute approximate surface area is 275 Å². The predicted molar refractivity (Wildman–Crippen MR) is 180 cm³/mol. The molecule has 1 aromatic heterocycles. The maximum atomic E-state index is 15.5. The number of nitriles is 1. The van der Waals surface area contributed by atoms with Crippen molar-refractivity contribution >= 4 is 19.6 Å². The van der Waals surface area contributed by atoms with E-state index < -0.39 is 19.4 Å². The number of benzene rings is 1. The zero-order chi connectivity index (χ0) is 33.4. The van der Waals surface area contributed by atoms with Crippen LogP contribution in [0.4, 0.5) is 0 Å². The summed E-state index contributed by atoms with van der Waals surface area (Å²) < 4.78 is 40.2. The van der Waals surface area contributed by atoms with Crippen LogP contribution in [0.1, 0.15) is 97.0 Å². The molecule has 0 unspecified atom stereocenters. The number of hydrogen-bond acceptors (Lipinski definition) is 8. The van der Waals surface area contributed by atoms with Crippen molar-refractivity contribution in [2.24, 2.45) is 35.5 Å². The van der Waals surface area contributed by atoms with Crippen molar-refractivity contribution in [3.05, 3.63) is 65.5 Å². The van der Waals surface area contributed by atoms with Crippen LogP contribution in [0.25, 0.3) is 6.08 Å². The zero-order valence-electron chi connectivity index (χ0n) is 28.4. The first-order chi connectivity index (χ1) is 21.9. The number of ether oxygens (including phenoxy) is 2. The number of carbonyl (C=O) groups excluding carboxylic acids is 1. The molecule has 0 N–H and O–H groups in total. The van der Waals surface area contributed by atoms with Gasteiger partial charge >= 0.3 is 13.6 Å². The largest absolute Gasteiger partial charge is 0.497 e. The third-order valence-corrected chi connectivity index (χ3v) is 12.1. The molecule has 2 saturated carbocycles. The van der Waals surface area contributed by atoms with Gasteiger partial charge in [0.2, 0.25) is 5.85 Å². The molecule has 2 fully saturated rings. The first kappa shape index (κ1) is 35.9. The summed E-state index contributed by atoms with van der Waals surface area (Å²) in [4.78, 5) is 18.0. The predicted octanol–water partition coefficient (Wildman–Crippen LogP) is 9.39. The van der Waals surface area contributed by atoms with Crippen molar-refractivity contribution in [1.82, 2.24) is 4.98 Å². The lowest BCUT2D eigenvalue weighted by atomic mass is 9.76. The molecule has 2 aliphatic rings. The summed E-state index contributed by atoms with van der Waals surface area (Å²) in [6, 6.07) is 12.4. The van der Waals surface area contributed by atoms with Crippen LogP contribution < -0.4 is 4.74 Å². The van der Waals surface area contributed by atoms with Crippen molar-refractivity contribution in [3.8, 4) is 11.8 Å². The topological polar surface area (TPSA) is 108 Å². The molecule has 8 nitrogen and oxygen atoms in total. The van der Waals surface area contributed by atoms with Gasteiger partial charge in [-0.3, -0.25) is 9.55 Å². The van der Waals surface area contributed by atoms with E-state index in [4.69, 9.17) is 18.5 Å². The smallest absolute Gasteiger partial charge is 0.376 e. The monoisotopic (exact) mass is 650 g/mol. The van der Waals surface area contributed by atoms with Gasteiger partial charge in [0, 0.05) is 18.0 Å². The summed E-state index contributed by atoms with van der Waals surface area (Å²) in [6.45, 7) is 13.1. The van der Waals surface area contributed by atoms with Gasteiger partial charge in [-0.05, 0) is 104 Å².